The highest BCUT2D eigenvalue weighted by molar-refractivity contribution is 6.05. The van der Waals surface area contributed by atoms with E-state index in [0.29, 0.717) is 11.5 Å². The fourth-order valence-electron chi connectivity index (χ4n) is 1.83. The van der Waals surface area contributed by atoms with Crippen molar-refractivity contribution >= 4 is 11.6 Å². The fraction of sp³-hybridized carbons (Fsp3) is 0.214. The Hall–Kier alpha value is -2.44. The molecule has 0 unspecified atom stereocenters. The average Bonchev–Trinajstić information content (AvgIpc) is 2.69. The summed E-state index contributed by atoms with van der Waals surface area (Å²) in [6.07, 6.45) is -4.83. The molecule has 1 aromatic heterocycles. The predicted molar refractivity (Wildman–Crippen MR) is 69.3 cm³/mol. The molecule has 1 N–H and O–H groups in total. The highest BCUT2D eigenvalue weighted by Gasteiger charge is 2.32. The van der Waals surface area contributed by atoms with Crippen molar-refractivity contribution in [2.75, 3.05) is 5.32 Å². The number of aryl methyl sites for hydroxylation is 2. The van der Waals surface area contributed by atoms with E-state index < -0.39 is 18.0 Å². The van der Waals surface area contributed by atoms with Gasteiger partial charge in [-0.05, 0) is 32.0 Å². The minimum Gasteiger partial charge on any atom is -0.466 e. The number of furan rings is 1. The van der Waals surface area contributed by atoms with Crippen LogP contribution in [-0.2, 0) is 0 Å². The van der Waals surface area contributed by atoms with Crippen LogP contribution >= 0.6 is 0 Å². The third kappa shape index (κ3) is 3.77. The molecule has 7 heteroatoms. The van der Waals surface area contributed by atoms with Crippen LogP contribution in [0, 0.1) is 13.8 Å². The van der Waals surface area contributed by atoms with Gasteiger partial charge in [-0.3, -0.25) is 4.79 Å². The molecule has 2 aromatic rings. The zero-order chi connectivity index (χ0) is 15.6. The van der Waals surface area contributed by atoms with Crippen molar-refractivity contribution in [3.05, 3.63) is 47.4 Å². The molecule has 1 heterocycles. The number of alkyl halides is 3. The molecule has 1 amide bonds. The Morgan fingerprint density at radius 1 is 1.24 bits per heavy atom. The van der Waals surface area contributed by atoms with Crippen LogP contribution in [0.25, 0.3) is 0 Å². The van der Waals surface area contributed by atoms with Crippen LogP contribution in [0.15, 0.2) is 34.7 Å². The lowest BCUT2D eigenvalue weighted by atomic mass is 10.2. The van der Waals surface area contributed by atoms with Gasteiger partial charge in [-0.25, -0.2) is 0 Å². The molecule has 112 valence electrons. The molecule has 0 aliphatic heterocycles. The largest absolute Gasteiger partial charge is 0.573 e. The second kappa shape index (κ2) is 5.51. The van der Waals surface area contributed by atoms with Gasteiger partial charge in [-0.15, -0.1) is 13.2 Å². The summed E-state index contributed by atoms with van der Waals surface area (Å²) in [5.41, 5.74) is 0.187. The Morgan fingerprint density at radius 2 is 1.90 bits per heavy atom. The highest BCUT2D eigenvalue weighted by Crippen LogP contribution is 2.30. The van der Waals surface area contributed by atoms with Gasteiger partial charge in [-0.2, -0.15) is 0 Å². The van der Waals surface area contributed by atoms with Crippen molar-refractivity contribution in [3.8, 4) is 5.75 Å². The van der Waals surface area contributed by atoms with Gasteiger partial charge in [0.15, 0.2) is 5.75 Å². The lowest BCUT2D eigenvalue weighted by molar-refractivity contribution is -0.274. The summed E-state index contributed by atoms with van der Waals surface area (Å²) < 4.78 is 46.0. The van der Waals surface area contributed by atoms with E-state index in [1.807, 2.05) is 0 Å². The smallest absolute Gasteiger partial charge is 0.466 e. The first-order chi connectivity index (χ1) is 9.76. The molecule has 0 spiro atoms. The van der Waals surface area contributed by atoms with Crippen LogP contribution in [0.1, 0.15) is 21.9 Å². The molecule has 0 aliphatic rings. The zero-order valence-electron chi connectivity index (χ0n) is 11.2. The number of rotatable bonds is 3. The van der Waals surface area contributed by atoms with Gasteiger partial charge in [0.1, 0.15) is 11.5 Å². The summed E-state index contributed by atoms with van der Waals surface area (Å²) in [5.74, 6) is -0.115. The van der Waals surface area contributed by atoms with Crippen LogP contribution in [0.4, 0.5) is 18.9 Å². The summed E-state index contributed by atoms with van der Waals surface area (Å²) in [5, 5.41) is 2.38. The Bertz CT molecular complexity index is 662. The molecule has 0 radical (unpaired) electrons. The minimum absolute atomic E-state index is 0.0712. The molecular weight excluding hydrogens is 287 g/mol. The number of nitrogens with one attached hydrogen (secondary N) is 1. The first-order valence-electron chi connectivity index (χ1n) is 5.99. The molecular formula is C14H12F3NO3. The van der Waals surface area contributed by atoms with Gasteiger partial charge in [0, 0.05) is 0 Å². The quantitative estimate of drug-likeness (QED) is 0.930. The number of carbonyl (C=O) groups is 1. The number of halogens is 3. The topological polar surface area (TPSA) is 51.5 Å². The zero-order valence-corrected chi connectivity index (χ0v) is 11.2. The Morgan fingerprint density at radius 3 is 2.48 bits per heavy atom. The van der Waals surface area contributed by atoms with Gasteiger partial charge in [0.25, 0.3) is 5.91 Å². The number of hydrogen-bond donors (Lipinski definition) is 1. The third-order valence-corrected chi connectivity index (χ3v) is 2.65. The van der Waals surface area contributed by atoms with Gasteiger partial charge >= 0.3 is 6.36 Å². The van der Waals surface area contributed by atoms with Crippen molar-refractivity contribution in [3.63, 3.8) is 0 Å². The summed E-state index contributed by atoms with van der Waals surface area (Å²) in [6.45, 7) is 3.27. The highest BCUT2D eigenvalue weighted by atomic mass is 19.4. The van der Waals surface area contributed by atoms with E-state index in [4.69, 9.17) is 4.42 Å². The standard InChI is InChI=1S/C14H12F3NO3/c1-8-7-10(9(2)20-8)13(19)18-11-5-3-4-6-12(11)21-14(15,16)17/h3-7H,1-2H3,(H,18,19). The maximum absolute atomic E-state index is 12.3. The lowest BCUT2D eigenvalue weighted by Gasteiger charge is -2.13. The van der Waals surface area contributed by atoms with Crippen molar-refractivity contribution in [2.45, 2.75) is 20.2 Å². The molecule has 1 aromatic carbocycles. The molecule has 0 aliphatic carbocycles. The first-order valence-corrected chi connectivity index (χ1v) is 5.99. The molecule has 21 heavy (non-hydrogen) atoms. The number of benzene rings is 1. The van der Waals surface area contributed by atoms with E-state index in [9.17, 15) is 18.0 Å². The average molecular weight is 299 g/mol. The van der Waals surface area contributed by atoms with Crippen LogP contribution in [0.3, 0.4) is 0 Å². The summed E-state index contributed by atoms with van der Waals surface area (Å²) >= 11 is 0. The molecule has 0 atom stereocenters. The number of ether oxygens (including phenoxy) is 1. The maximum atomic E-state index is 12.3. The van der Waals surface area contributed by atoms with Gasteiger partial charge in [0.2, 0.25) is 0 Å². The van der Waals surface area contributed by atoms with E-state index in [0.717, 1.165) is 6.07 Å². The van der Waals surface area contributed by atoms with E-state index >= 15 is 0 Å². The summed E-state index contributed by atoms with van der Waals surface area (Å²) in [6, 6.07) is 6.83. The second-order valence-electron chi connectivity index (χ2n) is 4.32. The van der Waals surface area contributed by atoms with Gasteiger partial charge < -0.3 is 14.5 Å². The van der Waals surface area contributed by atoms with Crippen LogP contribution < -0.4 is 10.1 Å². The number of para-hydroxylation sites is 2. The fourth-order valence-corrected chi connectivity index (χ4v) is 1.83. The SMILES string of the molecule is Cc1cc(C(=O)Nc2ccccc2OC(F)(F)F)c(C)o1. The third-order valence-electron chi connectivity index (χ3n) is 2.65. The minimum atomic E-state index is -4.83. The maximum Gasteiger partial charge on any atom is 0.573 e. The number of carbonyl (C=O) groups excluding carboxylic acids is 1. The number of amides is 1. The van der Waals surface area contributed by atoms with E-state index in [1.165, 1.54) is 24.3 Å². The molecule has 4 nitrogen and oxygen atoms in total. The first kappa shape index (κ1) is 15.0. The van der Waals surface area contributed by atoms with Crippen molar-refractivity contribution in [2.24, 2.45) is 0 Å². The van der Waals surface area contributed by atoms with Crippen LogP contribution in [-0.4, -0.2) is 12.3 Å². The molecule has 0 bridgehead atoms. The molecule has 0 saturated heterocycles. The lowest BCUT2D eigenvalue weighted by Crippen LogP contribution is -2.19. The Balaban J connectivity index is 2.24. The number of anilines is 1. The normalized spacial score (nSPS) is 11.3. The van der Waals surface area contributed by atoms with Crippen molar-refractivity contribution in [1.82, 2.24) is 0 Å². The molecule has 0 fully saturated rings. The van der Waals surface area contributed by atoms with Crippen LogP contribution in [0.5, 0.6) is 5.75 Å². The summed E-state index contributed by atoms with van der Waals surface area (Å²) in [7, 11) is 0. The van der Waals surface area contributed by atoms with E-state index in [-0.39, 0.29) is 11.3 Å². The van der Waals surface area contributed by atoms with Gasteiger partial charge in [0.05, 0.1) is 11.3 Å². The van der Waals surface area contributed by atoms with Gasteiger partial charge in [-0.1, -0.05) is 12.1 Å². The van der Waals surface area contributed by atoms with E-state index in [2.05, 4.69) is 10.1 Å². The number of hydrogen-bond acceptors (Lipinski definition) is 3. The summed E-state index contributed by atoms with van der Waals surface area (Å²) in [4.78, 5) is 12.1. The van der Waals surface area contributed by atoms with E-state index in [1.54, 1.807) is 13.8 Å². The molecule has 0 saturated carbocycles. The Labute approximate surface area is 118 Å². The van der Waals surface area contributed by atoms with Crippen molar-refractivity contribution in [1.29, 1.82) is 0 Å². The monoisotopic (exact) mass is 299 g/mol. The second-order valence-corrected chi connectivity index (χ2v) is 4.32. The Kier molecular flexibility index (Phi) is 3.93. The van der Waals surface area contributed by atoms with Crippen molar-refractivity contribution < 1.29 is 27.1 Å². The molecule has 2 rings (SSSR count). The van der Waals surface area contributed by atoms with Crippen LogP contribution in [0.2, 0.25) is 0 Å². The predicted octanol–water partition coefficient (Wildman–Crippen LogP) is 4.05.